The molecular weight excluding hydrogens is 270 g/mol. The van der Waals surface area contributed by atoms with E-state index in [1.807, 2.05) is 0 Å². The maximum Gasteiger partial charge on any atom is 0.123 e. The number of benzene rings is 2. The molecule has 0 bridgehead atoms. The summed E-state index contributed by atoms with van der Waals surface area (Å²) in [5, 5.41) is 4.38. The van der Waals surface area contributed by atoms with Gasteiger partial charge in [0.05, 0.1) is 6.04 Å². The summed E-state index contributed by atoms with van der Waals surface area (Å²) in [4.78, 5) is 3.38. The lowest BCUT2D eigenvalue weighted by molar-refractivity contribution is 0.558. The van der Waals surface area contributed by atoms with E-state index in [2.05, 4.69) is 10.3 Å². The summed E-state index contributed by atoms with van der Waals surface area (Å²) in [6.45, 7) is 0.818. The summed E-state index contributed by atoms with van der Waals surface area (Å²) in [5.74, 6) is -0.463. The molecule has 106 valence electrons. The fraction of sp³-hybridized carbons (Fsp3) is 0.176. The Morgan fingerprint density at radius 3 is 2.52 bits per heavy atom. The molecule has 4 heteroatoms. The van der Waals surface area contributed by atoms with Crippen LogP contribution in [0.25, 0.3) is 10.9 Å². The second-order valence-electron chi connectivity index (χ2n) is 5.40. The normalized spacial score (nSPS) is 17.9. The lowest BCUT2D eigenvalue weighted by Gasteiger charge is -2.24. The Labute approximate surface area is 120 Å². The summed E-state index contributed by atoms with van der Waals surface area (Å²) >= 11 is 0. The Bertz CT molecular complexity index is 806. The van der Waals surface area contributed by atoms with Crippen LogP contribution < -0.4 is 5.32 Å². The van der Waals surface area contributed by atoms with E-state index < -0.39 is 0 Å². The molecule has 0 saturated carbocycles. The first kappa shape index (κ1) is 12.5. The zero-order chi connectivity index (χ0) is 14.4. The summed E-state index contributed by atoms with van der Waals surface area (Å²) in [6.07, 6.45) is 0.858. The second-order valence-corrected chi connectivity index (χ2v) is 5.40. The van der Waals surface area contributed by atoms with E-state index >= 15 is 0 Å². The number of hydrogen-bond acceptors (Lipinski definition) is 1. The molecule has 1 aromatic heterocycles. The van der Waals surface area contributed by atoms with Crippen molar-refractivity contribution in [1.82, 2.24) is 10.3 Å². The molecule has 0 amide bonds. The Morgan fingerprint density at radius 2 is 1.71 bits per heavy atom. The largest absolute Gasteiger partial charge is 0.357 e. The molecule has 1 unspecified atom stereocenters. The average molecular weight is 284 g/mol. The zero-order valence-corrected chi connectivity index (χ0v) is 11.3. The molecule has 1 aliphatic heterocycles. The number of aromatic amines is 1. The smallest absolute Gasteiger partial charge is 0.123 e. The molecule has 1 aliphatic rings. The fourth-order valence-electron chi connectivity index (χ4n) is 3.14. The third-order valence-corrected chi connectivity index (χ3v) is 4.12. The number of hydrogen-bond donors (Lipinski definition) is 2. The Balaban J connectivity index is 1.88. The molecule has 0 fully saturated rings. The van der Waals surface area contributed by atoms with Gasteiger partial charge in [-0.05, 0) is 47.9 Å². The van der Waals surface area contributed by atoms with Crippen LogP contribution in [-0.2, 0) is 6.42 Å². The van der Waals surface area contributed by atoms with Crippen molar-refractivity contribution in [3.8, 4) is 0 Å². The van der Waals surface area contributed by atoms with Crippen LogP contribution in [0.1, 0.15) is 22.9 Å². The molecule has 1 atom stereocenters. The number of fused-ring (bicyclic) bond motifs is 3. The number of H-pyrrole nitrogens is 1. The van der Waals surface area contributed by atoms with Gasteiger partial charge in [0.2, 0.25) is 0 Å². The lowest BCUT2D eigenvalue weighted by atomic mass is 9.94. The molecule has 0 spiro atoms. The van der Waals surface area contributed by atoms with Gasteiger partial charge in [-0.3, -0.25) is 0 Å². The van der Waals surface area contributed by atoms with Gasteiger partial charge in [0.1, 0.15) is 11.6 Å². The summed E-state index contributed by atoms with van der Waals surface area (Å²) < 4.78 is 26.6. The van der Waals surface area contributed by atoms with Gasteiger partial charge in [-0.15, -0.1) is 0 Å². The van der Waals surface area contributed by atoms with Gasteiger partial charge in [0, 0.05) is 23.1 Å². The molecule has 2 heterocycles. The first-order valence-electron chi connectivity index (χ1n) is 7.01. The maximum atomic E-state index is 13.5. The highest BCUT2D eigenvalue weighted by molar-refractivity contribution is 5.85. The first-order chi connectivity index (χ1) is 10.2. The van der Waals surface area contributed by atoms with Crippen LogP contribution in [0.15, 0.2) is 42.5 Å². The Hall–Kier alpha value is -2.20. The van der Waals surface area contributed by atoms with Crippen LogP contribution in [0.4, 0.5) is 8.78 Å². The highest BCUT2D eigenvalue weighted by Crippen LogP contribution is 2.33. The van der Waals surface area contributed by atoms with Crippen molar-refractivity contribution in [2.45, 2.75) is 12.5 Å². The number of aromatic nitrogens is 1. The van der Waals surface area contributed by atoms with E-state index in [4.69, 9.17) is 0 Å². The zero-order valence-electron chi connectivity index (χ0n) is 11.3. The molecule has 2 nitrogen and oxygen atoms in total. The molecule has 4 rings (SSSR count). The molecule has 2 aromatic carbocycles. The van der Waals surface area contributed by atoms with Gasteiger partial charge in [-0.2, -0.15) is 0 Å². The highest BCUT2D eigenvalue weighted by Gasteiger charge is 2.25. The van der Waals surface area contributed by atoms with Gasteiger partial charge in [-0.1, -0.05) is 12.1 Å². The van der Waals surface area contributed by atoms with Crippen molar-refractivity contribution < 1.29 is 8.78 Å². The molecule has 21 heavy (non-hydrogen) atoms. The minimum absolute atomic E-state index is 0.00943. The van der Waals surface area contributed by atoms with E-state index in [0.717, 1.165) is 40.7 Å². The summed E-state index contributed by atoms with van der Waals surface area (Å²) in [7, 11) is 0. The van der Waals surface area contributed by atoms with Crippen molar-refractivity contribution in [3.05, 3.63) is 70.9 Å². The van der Waals surface area contributed by atoms with E-state index in [1.54, 1.807) is 24.3 Å². The van der Waals surface area contributed by atoms with Crippen molar-refractivity contribution in [2.75, 3.05) is 6.54 Å². The topological polar surface area (TPSA) is 27.8 Å². The van der Waals surface area contributed by atoms with E-state index in [9.17, 15) is 8.78 Å². The molecule has 0 saturated heterocycles. The average Bonchev–Trinajstić information content (AvgIpc) is 2.86. The third-order valence-electron chi connectivity index (χ3n) is 4.12. The molecule has 0 radical (unpaired) electrons. The number of nitrogens with one attached hydrogen (secondary N) is 2. The Morgan fingerprint density at radius 1 is 0.952 bits per heavy atom. The van der Waals surface area contributed by atoms with Gasteiger partial charge in [0.15, 0.2) is 0 Å². The van der Waals surface area contributed by atoms with Gasteiger partial charge >= 0.3 is 0 Å². The minimum Gasteiger partial charge on any atom is -0.357 e. The third kappa shape index (κ3) is 2.03. The monoisotopic (exact) mass is 284 g/mol. The molecule has 3 aromatic rings. The predicted octanol–water partition coefficient (Wildman–Crippen LogP) is 3.68. The fourth-order valence-corrected chi connectivity index (χ4v) is 3.14. The second kappa shape index (κ2) is 4.67. The lowest BCUT2D eigenvalue weighted by Crippen LogP contribution is -2.30. The minimum atomic E-state index is -0.242. The number of rotatable bonds is 1. The van der Waals surface area contributed by atoms with Gasteiger partial charge < -0.3 is 10.3 Å². The van der Waals surface area contributed by atoms with E-state index in [1.165, 1.54) is 18.2 Å². The van der Waals surface area contributed by atoms with Crippen LogP contribution in [0.2, 0.25) is 0 Å². The number of halogens is 2. The van der Waals surface area contributed by atoms with Crippen LogP contribution >= 0.6 is 0 Å². The molecule has 0 aliphatic carbocycles. The highest BCUT2D eigenvalue weighted by atomic mass is 19.1. The summed E-state index contributed by atoms with van der Waals surface area (Å²) in [6, 6.07) is 11.3. The Kier molecular flexibility index (Phi) is 2.79. The van der Waals surface area contributed by atoms with Crippen LogP contribution in [0, 0.1) is 11.6 Å². The SMILES string of the molecule is Fc1ccc(C2NCCc3c2[nH]c2ccc(F)cc32)cc1. The maximum absolute atomic E-state index is 13.5. The van der Waals surface area contributed by atoms with Crippen molar-refractivity contribution in [2.24, 2.45) is 0 Å². The summed E-state index contributed by atoms with van der Waals surface area (Å²) in [5.41, 5.74) is 4.15. The standard InChI is InChI=1S/C17H14F2N2/c18-11-3-1-10(2-4-11)16-17-13(7-8-20-16)14-9-12(19)5-6-15(14)21-17/h1-6,9,16,20-21H,7-8H2. The van der Waals surface area contributed by atoms with E-state index in [0.29, 0.717) is 0 Å². The van der Waals surface area contributed by atoms with Crippen LogP contribution in [-0.4, -0.2) is 11.5 Å². The predicted molar refractivity (Wildman–Crippen MR) is 78.2 cm³/mol. The van der Waals surface area contributed by atoms with Gasteiger partial charge in [0.25, 0.3) is 0 Å². The van der Waals surface area contributed by atoms with Gasteiger partial charge in [-0.25, -0.2) is 8.78 Å². The quantitative estimate of drug-likeness (QED) is 0.701. The van der Waals surface area contributed by atoms with Crippen molar-refractivity contribution in [3.63, 3.8) is 0 Å². The molecule has 2 N–H and O–H groups in total. The van der Waals surface area contributed by atoms with E-state index in [-0.39, 0.29) is 17.7 Å². The first-order valence-corrected chi connectivity index (χ1v) is 7.01. The molecular formula is C17H14F2N2. The van der Waals surface area contributed by atoms with Crippen LogP contribution in [0.3, 0.4) is 0 Å². The van der Waals surface area contributed by atoms with Crippen LogP contribution in [0.5, 0.6) is 0 Å². The van der Waals surface area contributed by atoms with Crippen molar-refractivity contribution >= 4 is 10.9 Å². The van der Waals surface area contributed by atoms with Crippen molar-refractivity contribution in [1.29, 1.82) is 0 Å².